The average Bonchev–Trinajstić information content (AvgIpc) is 2.71. The summed E-state index contributed by atoms with van der Waals surface area (Å²) in [5, 5.41) is 3.07. The van der Waals surface area contributed by atoms with Crippen LogP contribution in [0.15, 0.2) is 60.7 Å². The van der Waals surface area contributed by atoms with Crippen molar-refractivity contribution in [2.24, 2.45) is 0 Å². The monoisotopic (exact) mass is 400 g/mol. The minimum atomic E-state index is -2.99. The number of benzene rings is 2. The standard InChI is InChI=1S/C22H28N2O3S/c1-18(19-8-4-2-5-9-19)12-13-23-22(25)21(20-10-6-3-7-11-20)24-14-16-28(26,27)17-15-24/h2-11,18,21H,12-17H2,1H3,(H,23,25). The van der Waals surface area contributed by atoms with E-state index in [1.807, 2.05) is 53.4 Å². The molecule has 2 aromatic carbocycles. The first-order chi connectivity index (χ1) is 13.5. The van der Waals surface area contributed by atoms with Gasteiger partial charge >= 0.3 is 0 Å². The SMILES string of the molecule is CC(CCNC(=O)C(c1ccccc1)N1CCS(=O)(=O)CC1)c1ccccc1. The van der Waals surface area contributed by atoms with Gasteiger partial charge in [-0.05, 0) is 23.5 Å². The van der Waals surface area contributed by atoms with Crippen molar-refractivity contribution < 1.29 is 13.2 Å². The Morgan fingerprint density at radius 1 is 0.964 bits per heavy atom. The molecule has 0 aromatic heterocycles. The van der Waals surface area contributed by atoms with Gasteiger partial charge < -0.3 is 5.32 Å². The van der Waals surface area contributed by atoms with Crippen molar-refractivity contribution in [2.45, 2.75) is 25.3 Å². The van der Waals surface area contributed by atoms with Crippen LogP contribution in [0.1, 0.15) is 36.4 Å². The predicted octanol–water partition coefficient (Wildman–Crippen LogP) is 2.77. The molecule has 5 nitrogen and oxygen atoms in total. The highest BCUT2D eigenvalue weighted by Gasteiger charge is 2.32. The van der Waals surface area contributed by atoms with E-state index < -0.39 is 15.9 Å². The summed E-state index contributed by atoms with van der Waals surface area (Å²) in [5.74, 6) is 0.506. The molecule has 2 atom stereocenters. The van der Waals surface area contributed by atoms with E-state index in [4.69, 9.17) is 0 Å². The molecule has 1 saturated heterocycles. The molecule has 1 heterocycles. The molecule has 1 amide bonds. The number of hydrogen-bond donors (Lipinski definition) is 1. The van der Waals surface area contributed by atoms with Gasteiger partial charge in [-0.15, -0.1) is 0 Å². The highest BCUT2D eigenvalue weighted by Crippen LogP contribution is 2.24. The number of carbonyl (C=O) groups excluding carboxylic acids is 1. The molecule has 0 bridgehead atoms. The van der Waals surface area contributed by atoms with E-state index in [0.717, 1.165) is 12.0 Å². The summed E-state index contributed by atoms with van der Waals surface area (Å²) >= 11 is 0. The molecule has 0 saturated carbocycles. The lowest BCUT2D eigenvalue weighted by Crippen LogP contribution is -2.47. The van der Waals surface area contributed by atoms with Crippen LogP contribution < -0.4 is 5.32 Å². The van der Waals surface area contributed by atoms with Crippen molar-refractivity contribution in [1.29, 1.82) is 0 Å². The van der Waals surface area contributed by atoms with Crippen LogP contribution in [0.2, 0.25) is 0 Å². The molecule has 0 aliphatic carbocycles. The fourth-order valence-electron chi connectivity index (χ4n) is 3.60. The molecule has 28 heavy (non-hydrogen) atoms. The van der Waals surface area contributed by atoms with Crippen LogP contribution in [0.5, 0.6) is 0 Å². The molecule has 3 rings (SSSR count). The van der Waals surface area contributed by atoms with Crippen LogP contribution in [0.4, 0.5) is 0 Å². The highest BCUT2D eigenvalue weighted by atomic mass is 32.2. The number of rotatable bonds is 7. The van der Waals surface area contributed by atoms with Crippen molar-refractivity contribution in [3.05, 3.63) is 71.8 Å². The largest absolute Gasteiger partial charge is 0.354 e. The zero-order valence-corrected chi connectivity index (χ0v) is 17.1. The summed E-state index contributed by atoms with van der Waals surface area (Å²) in [6, 6.07) is 19.4. The van der Waals surface area contributed by atoms with Crippen molar-refractivity contribution in [3.8, 4) is 0 Å². The van der Waals surface area contributed by atoms with Gasteiger partial charge in [-0.1, -0.05) is 67.6 Å². The first-order valence-electron chi connectivity index (χ1n) is 9.78. The van der Waals surface area contributed by atoms with Crippen LogP contribution in [0.25, 0.3) is 0 Å². The third kappa shape index (κ3) is 5.42. The molecule has 2 unspecified atom stereocenters. The third-order valence-corrected chi connectivity index (χ3v) is 6.96. The van der Waals surface area contributed by atoms with Crippen molar-refractivity contribution in [2.75, 3.05) is 31.1 Å². The minimum absolute atomic E-state index is 0.0641. The Hall–Kier alpha value is -2.18. The quantitative estimate of drug-likeness (QED) is 0.776. The number of carbonyl (C=O) groups is 1. The van der Waals surface area contributed by atoms with Crippen LogP contribution >= 0.6 is 0 Å². The molecular formula is C22H28N2O3S. The smallest absolute Gasteiger partial charge is 0.241 e. The van der Waals surface area contributed by atoms with Crippen LogP contribution in [-0.2, 0) is 14.6 Å². The lowest BCUT2D eigenvalue weighted by Gasteiger charge is -2.33. The van der Waals surface area contributed by atoms with Crippen LogP contribution in [-0.4, -0.2) is 50.4 Å². The molecular weight excluding hydrogens is 372 g/mol. The molecule has 150 valence electrons. The first-order valence-corrected chi connectivity index (χ1v) is 11.6. The van der Waals surface area contributed by atoms with Crippen molar-refractivity contribution in [3.63, 3.8) is 0 Å². The van der Waals surface area contributed by atoms with Gasteiger partial charge in [0.1, 0.15) is 6.04 Å². The Bertz CT molecular complexity index is 855. The van der Waals surface area contributed by atoms with E-state index >= 15 is 0 Å². The maximum Gasteiger partial charge on any atom is 0.241 e. The number of hydrogen-bond acceptors (Lipinski definition) is 4. The highest BCUT2D eigenvalue weighted by molar-refractivity contribution is 7.91. The van der Waals surface area contributed by atoms with Gasteiger partial charge in [0.25, 0.3) is 0 Å². The number of nitrogens with one attached hydrogen (secondary N) is 1. The fraction of sp³-hybridized carbons (Fsp3) is 0.409. The summed E-state index contributed by atoms with van der Waals surface area (Å²) < 4.78 is 23.6. The molecule has 0 spiro atoms. The predicted molar refractivity (Wildman–Crippen MR) is 112 cm³/mol. The Morgan fingerprint density at radius 2 is 1.50 bits per heavy atom. The van der Waals surface area contributed by atoms with Gasteiger partial charge in [0.05, 0.1) is 11.5 Å². The normalized spacial score (nSPS) is 18.9. The Labute approximate surface area is 167 Å². The zero-order chi connectivity index (χ0) is 20.0. The molecule has 1 fully saturated rings. The molecule has 6 heteroatoms. The lowest BCUT2D eigenvalue weighted by molar-refractivity contribution is -0.126. The minimum Gasteiger partial charge on any atom is -0.354 e. The van der Waals surface area contributed by atoms with E-state index in [-0.39, 0.29) is 17.4 Å². The topological polar surface area (TPSA) is 66.5 Å². The third-order valence-electron chi connectivity index (χ3n) is 5.35. The van der Waals surface area contributed by atoms with Crippen LogP contribution in [0.3, 0.4) is 0 Å². The first kappa shape index (κ1) is 20.6. The van der Waals surface area contributed by atoms with Gasteiger partial charge in [-0.3, -0.25) is 9.69 Å². The molecule has 2 aromatic rings. The zero-order valence-electron chi connectivity index (χ0n) is 16.3. The van der Waals surface area contributed by atoms with E-state index in [2.05, 4.69) is 24.4 Å². The van der Waals surface area contributed by atoms with E-state index in [1.54, 1.807) is 0 Å². The number of nitrogens with zero attached hydrogens (tertiary/aromatic N) is 1. The van der Waals surface area contributed by atoms with E-state index in [0.29, 0.717) is 25.6 Å². The van der Waals surface area contributed by atoms with Gasteiger partial charge in [-0.2, -0.15) is 0 Å². The van der Waals surface area contributed by atoms with Gasteiger partial charge in [0.2, 0.25) is 5.91 Å². The molecule has 0 radical (unpaired) electrons. The van der Waals surface area contributed by atoms with E-state index in [1.165, 1.54) is 5.56 Å². The summed E-state index contributed by atoms with van der Waals surface area (Å²) in [6.07, 6.45) is 0.853. The van der Waals surface area contributed by atoms with Gasteiger partial charge in [-0.25, -0.2) is 8.42 Å². The molecule has 1 aliphatic heterocycles. The summed E-state index contributed by atoms with van der Waals surface area (Å²) in [7, 11) is -2.99. The lowest BCUT2D eigenvalue weighted by atomic mass is 9.98. The van der Waals surface area contributed by atoms with Crippen molar-refractivity contribution >= 4 is 15.7 Å². The van der Waals surface area contributed by atoms with E-state index in [9.17, 15) is 13.2 Å². The van der Waals surface area contributed by atoms with Crippen molar-refractivity contribution in [1.82, 2.24) is 10.2 Å². The maximum atomic E-state index is 13.0. The number of sulfone groups is 1. The average molecular weight is 401 g/mol. The number of amides is 1. The fourth-order valence-corrected chi connectivity index (χ4v) is 4.83. The molecule has 1 N–H and O–H groups in total. The second-order valence-electron chi connectivity index (χ2n) is 7.39. The Balaban J connectivity index is 1.64. The summed E-state index contributed by atoms with van der Waals surface area (Å²) in [4.78, 5) is 15.0. The Morgan fingerprint density at radius 3 is 2.07 bits per heavy atom. The second-order valence-corrected chi connectivity index (χ2v) is 9.70. The van der Waals surface area contributed by atoms with Gasteiger partial charge in [0.15, 0.2) is 9.84 Å². The molecule has 1 aliphatic rings. The maximum absolute atomic E-state index is 13.0. The Kier molecular flexibility index (Phi) is 6.86. The van der Waals surface area contributed by atoms with Gasteiger partial charge in [0, 0.05) is 19.6 Å². The summed E-state index contributed by atoms with van der Waals surface area (Å²) in [5.41, 5.74) is 2.16. The van der Waals surface area contributed by atoms with Crippen LogP contribution in [0, 0.1) is 0 Å². The second kappa shape index (κ2) is 9.34. The summed E-state index contributed by atoms with van der Waals surface area (Å²) in [6.45, 7) is 3.52.